The summed E-state index contributed by atoms with van der Waals surface area (Å²) in [7, 11) is 1.34. The van der Waals surface area contributed by atoms with Gasteiger partial charge in [0.2, 0.25) is 0 Å². The first-order chi connectivity index (χ1) is 12.2. The minimum atomic E-state index is -1.00. The molecule has 1 aromatic carbocycles. The molecule has 0 saturated heterocycles. The van der Waals surface area contributed by atoms with Gasteiger partial charge in [-0.3, -0.25) is 14.4 Å². The zero-order valence-electron chi connectivity index (χ0n) is 15.0. The molecular weight excluding hydrogens is 338 g/mol. The Morgan fingerprint density at radius 1 is 1.12 bits per heavy atom. The maximum absolute atomic E-state index is 12.1. The molecule has 0 aromatic heterocycles. The van der Waals surface area contributed by atoms with Crippen LogP contribution in [0.15, 0.2) is 36.0 Å². The van der Waals surface area contributed by atoms with Crippen molar-refractivity contribution in [3.05, 3.63) is 41.6 Å². The Morgan fingerprint density at radius 2 is 1.69 bits per heavy atom. The second-order valence-electron chi connectivity index (χ2n) is 6.81. The number of hydrogen-bond acceptors (Lipinski definition) is 7. The first kappa shape index (κ1) is 19.5. The van der Waals surface area contributed by atoms with Gasteiger partial charge >= 0.3 is 5.97 Å². The Labute approximate surface area is 151 Å². The average Bonchev–Trinajstić information content (AvgIpc) is 2.57. The molecule has 0 unspecified atom stereocenters. The molecule has 1 N–H and O–H groups in total. The lowest BCUT2D eigenvalue weighted by atomic mass is 9.74. The van der Waals surface area contributed by atoms with E-state index in [2.05, 4.69) is 14.8 Å². The third-order valence-electron chi connectivity index (χ3n) is 3.90. The molecule has 0 heterocycles. The molecule has 2 rings (SSSR count). The standard InChI is InChI=1S/C19H21NO6/c1-19(2)8-15(21)14(16(22)9-19)10-20-13-6-4-12(5-7-13)17(23)18(24)26-11-25-3/h4-7,10,20H,8-9,11H2,1-3H3. The number of allylic oxidation sites excluding steroid dienone is 1. The molecule has 1 aromatic rings. The van der Waals surface area contributed by atoms with Crippen LogP contribution in [-0.2, 0) is 23.9 Å². The van der Waals surface area contributed by atoms with Crippen LogP contribution in [0.2, 0.25) is 0 Å². The lowest BCUT2D eigenvalue weighted by Gasteiger charge is -2.28. The van der Waals surface area contributed by atoms with Crippen LogP contribution < -0.4 is 5.32 Å². The van der Waals surface area contributed by atoms with Gasteiger partial charge in [-0.1, -0.05) is 13.8 Å². The van der Waals surface area contributed by atoms with Gasteiger partial charge in [0.25, 0.3) is 5.78 Å². The SMILES string of the molecule is COCOC(=O)C(=O)c1ccc(NC=C2C(=O)CC(C)(C)CC2=O)cc1. The van der Waals surface area contributed by atoms with Crippen molar-refractivity contribution >= 4 is 29.0 Å². The Hall–Kier alpha value is -2.80. The van der Waals surface area contributed by atoms with Gasteiger partial charge in [-0.2, -0.15) is 0 Å². The molecule has 26 heavy (non-hydrogen) atoms. The highest BCUT2D eigenvalue weighted by molar-refractivity contribution is 6.40. The van der Waals surface area contributed by atoms with Crippen molar-refractivity contribution in [2.45, 2.75) is 26.7 Å². The fraction of sp³-hybridized carbons (Fsp3) is 0.368. The number of ketones is 3. The smallest absolute Gasteiger partial charge is 0.381 e. The van der Waals surface area contributed by atoms with E-state index in [0.717, 1.165) is 0 Å². The molecule has 0 spiro atoms. The molecule has 7 nitrogen and oxygen atoms in total. The molecule has 1 fully saturated rings. The number of ether oxygens (including phenoxy) is 2. The Morgan fingerprint density at radius 3 is 2.23 bits per heavy atom. The van der Waals surface area contributed by atoms with Crippen molar-refractivity contribution < 1.29 is 28.7 Å². The number of Topliss-reactive ketones (excluding diaryl/α,β-unsaturated/α-hetero) is 3. The quantitative estimate of drug-likeness (QED) is 0.208. The number of methoxy groups -OCH3 is 1. The molecule has 0 bridgehead atoms. The van der Waals surface area contributed by atoms with Crippen LogP contribution in [0.1, 0.15) is 37.0 Å². The summed E-state index contributed by atoms with van der Waals surface area (Å²) < 4.78 is 9.16. The first-order valence-corrected chi connectivity index (χ1v) is 8.07. The summed E-state index contributed by atoms with van der Waals surface area (Å²) in [5, 5.41) is 2.88. The Balaban J connectivity index is 2.03. The van der Waals surface area contributed by atoms with Crippen LogP contribution in [-0.4, -0.2) is 37.2 Å². The fourth-order valence-corrected chi connectivity index (χ4v) is 2.61. The number of benzene rings is 1. The van der Waals surface area contributed by atoms with Crippen molar-refractivity contribution in [1.82, 2.24) is 0 Å². The third kappa shape index (κ3) is 4.86. The van der Waals surface area contributed by atoms with Crippen LogP contribution in [0.4, 0.5) is 5.69 Å². The van der Waals surface area contributed by atoms with Gasteiger partial charge < -0.3 is 14.8 Å². The predicted octanol–water partition coefficient (Wildman–Crippen LogP) is 2.27. The van der Waals surface area contributed by atoms with Crippen LogP contribution in [0.5, 0.6) is 0 Å². The highest BCUT2D eigenvalue weighted by Gasteiger charge is 2.35. The number of nitrogens with one attached hydrogen (secondary N) is 1. The molecular formula is C19H21NO6. The van der Waals surface area contributed by atoms with E-state index in [1.54, 1.807) is 12.1 Å². The van der Waals surface area contributed by atoms with E-state index in [1.165, 1.54) is 25.4 Å². The van der Waals surface area contributed by atoms with Crippen molar-refractivity contribution in [3.8, 4) is 0 Å². The van der Waals surface area contributed by atoms with Crippen LogP contribution >= 0.6 is 0 Å². The van der Waals surface area contributed by atoms with E-state index in [9.17, 15) is 19.2 Å². The largest absolute Gasteiger partial charge is 0.432 e. The van der Waals surface area contributed by atoms with Crippen LogP contribution in [0.25, 0.3) is 0 Å². The predicted molar refractivity (Wildman–Crippen MR) is 93.5 cm³/mol. The van der Waals surface area contributed by atoms with Crippen molar-refractivity contribution in [2.75, 3.05) is 19.2 Å². The van der Waals surface area contributed by atoms with Gasteiger partial charge in [-0.15, -0.1) is 0 Å². The van der Waals surface area contributed by atoms with Gasteiger partial charge in [-0.25, -0.2) is 4.79 Å². The first-order valence-electron chi connectivity index (χ1n) is 8.07. The number of carbonyl (C=O) groups is 4. The van der Waals surface area contributed by atoms with Gasteiger partial charge in [0.05, 0.1) is 5.57 Å². The molecule has 0 aliphatic heterocycles. The zero-order valence-corrected chi connectivity index (χ0v) is 15.0. The molecule has 0 amide bonds. The molecule has 0 radical (unpaired) electrons. The highest BCUT2D eigenvalue weighted by Crippen LogP contribution is 2.33. The lowest BCUT2D eigenvalue weighted by molar-refractivity contribution is -0.148. The summed E-state index contributed by atoms with van der Waals surface area (Å²) in [4.78, 5) is 47.6. The second kappa shape index (κ2) is 8.05. The molecule has 1 saturated carbocycles. The second-order valence-corrected chi connectivity index (χ2v) is 6.81. The minimum Gasteiger partial charge on any atom is -0.432 e. The normalized spacial score (nSPS) is 16.2. The van der Waals surface area contributed by atoms with Crippen LogP contribution in [0.3, 0.4) is 0 Å². The van der Waals surface area contributed by atoms with E-state index >= 15 is 0 Å². The number of anilines is 1. The van der Waals surface area contributed by atoms with Gasteiger partial charge in [-0.05, 0) is 29.7 Å². The summed E-state index contributed by atoms with van der Waals surface area (Å²) in [6.07, 6.45) is 2.04. The number of hydrogen-bond donors (Lipinski definition) is 1. The van der Waals surface area contributed by atoms with E-state index in [1.807, 2.05) is 13.8 Å². The summed E-state index contributed by atoms with van der Waals surface area (Å²) in [6, 6.07) is 6.03. The summed E-state index contributed by atoms with van der Waals surface area (Å²) in [5.74, 6) is -2.17. The summed E-state index contributed by atoms with van der Waals surface area (Å²) >= 11 is 0. The van der Waals surface area contributed by atoms with Gasteiger partial charge in [0.1, 0.15) is 0 Å². The molecule has 7 heteroatoms. The molecule has 0 atom stereocenters. The van der Waals surface area contributed by atoms with Crippen molar-refractivity contribution in [2.24, 2.45) is 5.41 Å². The van der Waals surface area contributed by atoms with E-state index in [4.69, 9.17) is 0 Å². The Kier molecular flexibility index (Phi) is 6.05. The van der Waals surface area contributed by atoms with Gasteiger partial charge in [0, 0.05) is 37.4 Å². The van der Waals surface area contributed by atoms with Crippen LogP contribution in [0, 0.1) is 5.41 Å². The van der Waals surface area contributed by atoms with Gasteiger partial charge in [0.15, 0.2) is 18.4 Å². The minimum absolute atomic E-state index is 0.146. The summed E-state index contributed by atoms with van der Waals surface area (Å²) in [6.45, 7) is 3.48. The maximum atomic E-state index is 12.1. The fourth-order valence-electron chi connectivity index (χ4n) is 2.61. The third-order valence-corrected chi connectivity index (χ3v) is 3.90. The van der Waals surface area contributed by atoms with E-state index in [-0.39, 0.29) is 34.9 Å². The van der Waals surface area contributed by atoms with Crippen molar-refractivity contribution in [3.63, 3.8) is 0 Å². The lowest BCUT2D eigenvalue weighted by Crippen LogP contribution is -2.31. The zero-order chi connectivity index (χ0) is 19.3. The highest BCUT2D eigenvalue weighted by atomic mass is 16.7. The topological polar surface area (TPSA) is 98.8 Å². The molecule has 1 aliphatic rings. The average molecular weight is 359 g/mol. The number of esters is 1. The molecule has 1 aliphatic carbocycles. The summed E-state index contributed by atoms with van der Waals surface area (Å²) in [5.41, 5.74) is 0.568. The monoisotopic (exact) mass is 359 g/mol. The number of carbonyl (C=O) groups excluding carboxylic acids is 4. The van der Waals surface area contributed by atoms with E-state index in [0.29, 0.717) is 18.5 Å². The maximum Gasteiger partial charge on any atom is 0.381 e. The van der Waals surface area contributed by atoms with E-state index < -0.39 is 11.8 Å². The van der Waals surface area contributed by atoms with Crippen molar-refractivity contribution in [1.29, 1.82) is 0 Å². The number of rotatable bonds is 6. The Bertz CT molecular complexity index is 739. The molecule has 138 valence electrons.